The van der Waals surface area contributed by atoms with Crippen LogP contribution in [0.5, 0.6) is 0 Å². The highest BCUT2D eigenvalue weighted by Gasteiger charge is 2.31. The summed E-state index contributed by atoms with van der Waals surface area (Å²) in [5.74, 6) is 0.215. The fourth-order valence-corrected chi connectivity index (χ4v) is 2.47. The van der Waals surface area contributed by atoms with E-state index in [1.54, 1.807) is 0 Å². The Kier molecular flexibility index (Phi) is 5.63. The predicted molar refractivity (Wildman–Crippen MR) is 72.0 cm³/mol. The molecule has 0 unspecified atom stereocenters. The zero-order valence-electron chi connectivity index (χ0n) is 12.0. The van der Waals surface area contributed by atoms with Gasteiger partial charge in [0, 0.05) is 23.9 Å². The first kappa shape index (κ1) is 15.0. The summed E-state index contributed by atoms with van der Waals surface area (Å²) in [6, 6.07) is 0.338. The van der Waals surface area contributed by atoms with Gasteiger partial charge < -0.3 is 10.6 Å². The molecular formula is C14H26N2O2. The molecule has 4 nitrogen and oxygen atoms in total. The second-order valence-corrected chi connectivity index (χ2v) is 5.89. The summed E-state index contributed by atoms with van der Waals surface area (Å²) in [6.45, 7) is 7.85. The quantitative estimate of drug-likeness (QED) is 0.804. The van der Waals surface area contributed by atoms with E-state index in [0.717, 1.165) is 19.3 Å². The highest BCUT2D eigenvalue weighted by molar-refractivity contribution is 5.82. The van der Waals surface area contributed by atoms with Crippen molar-refractivity contribution in [3.05, 3.63) is 0 Å². The van der Waals surface area contributed by atoms with Gasteiger partial charge in [0.05, 0.1) is 0 Å². The number of carbonyl (C=O) groups is 2. The average Bonchev–Trinajstić information content (AvgIpc) is 2.27. The highest BCUT2D eigenvalue weighted by Crippen LogP contribution is 2.29. The third-order valence-electron chi connectivity index (χ3n) is 3.28. The molecule has 0 heterocycles. The summed E-state index contributed by atoms with van der Waals surface area (Å²) >= 11 is 0. The Morgan fingerprint density at radius 2 is 1.28 bits per heavy atom. The average molecular weight is 254 g/mol. The normalized spacial score (nSPS) is 24.1. The van der Waals surface area contributed by atoms with Gasteiger partial charge in [-0.05, 0) is 47.0 Å². The van der Waals surface area contributed by atoms with Gasteiger partial charge in [0.25, 0.3) is 0 Å². The van der Waals surface area contributed by atoms with E-state index in [9.17, 15) is 9.59 Å². The zero-order chi connectivity index (χ0) is 13.7. The van der Waals surface area contributed by atoms with Crippen LogP contribution in [0, 0.1) is 11.8 Å². The lowest BCUT2D eigenvalue weighted by atomic mass is 9.80. The monoisotopic (exact) mass is 254 g/mol. The molecule has 18 heavy (non-hydrogen) atoms. The van der Waals surface area contributed by atoms with Gasteiger partial charge in [-0.15, -0.1) is 0 Å². The number of nitrogens with one attached hydrogen (secondary N) is 2. The predicted octanol–water partition coefficient (Wildman–Crippen LogP) is 1.84. The van der Waals surface area contributed by atoms with Crippen LogP contribution in [0.15, 0.2) is 0 Å². The van der Waals surface area contributed by atoms with Gasteiger partial charge in [-0.3, -0.25) is 9.59 Å². The minimum Gasteiger partial charge on any atom is -0.354 e. The van der Waals surface area contributed by atoms with Crippen LogP contribution in [-0.4, -0.2) is 23.9 Å². The van der Waals surface area contributed by atoms with E-state index in [2.05, 4.69) is 10.6 Å². The molecule has 104 valence electrons. The molecule has 0 radical (unpaired) electrons. The maximum Gasteiger partial charge on any atom is 0.223 e. The Morgan fingerprint density at radius 1 is 0.889 bits per heavy atom. The van der Waals surface area contributed by atoms with Crippen molar-refractivity contribution >= 4 is 11.8 Å². The standard InChI is InChI=1S/C14H26N2O2/c1-9(2)15-13(17)11-6-5-7-12(8-11)14(18)16-10(3)4/h9-12H,5-8H2,1-4H3,(H,15,17)(H,16,18)/t11-,12+. The van der Waals surface area contributed by atoms with Crippen LogP contribution in [0.2, 0.25) is 0 Å². The van der Waals surface area contributed by atoms with Crippen LogP contribution in [0.4, 0.5) is 0 Å². The molecular weight excluding hydrogens is 228 g/mol. The summed E-state index contributed by atoms with van der Waals surface area (Å²) in [5.41, 5.74) is 0. The third-order valence-corrected chi connectivity index (χ3v) is 3.28. The first-order valence-corrected chi connectivity index (χ1v) is 7.01. The molecule has 0 spiro atoms. The Labute approximate surface area is 110 Å². The van der Waals surface area contributed by atoms with Crippen molar-refractivity contribution in [1.29, 1.82) is 0 Å². The summed E-state index contributed by atoms with van der Waals surface area (Å²) < 4.78 is 0. The van der Waals surface area contributed by atoms with E-state index in [-0.39, 0.29) is 35.7 Å². The Morgan fingerprint density at radius 3 is 1.61 bits per heavy atom. The van der Waals surface area contributed by atoms with E-state index in [4.69, 9.17) is 0 Å². The molecule has 1 fully saturated rings. The van der Waals surface area contributed by atoms with Crippen molar-refractivity contribution in [1.82, 2.24) is 10.6 Å². The van der Waals surface area contributed by atoms with Crippen molar-refractivity contribution in [3.63, 3.8) is 0 Å². The van der Waals surface area contributed by atoms with Crippen LogP contribution in [0.3, 0.4) is 0 Å². The van der Waals surface area contributed by atoms with Crippen molar-refractivity contribution < 1.29 is 9.59 Å². The molecule has 0 aliphatic heterocycles. The lowest BCUT2D eigenvalue weighted by molar-refractivity contribution is -0.130. The minimum atomic E-state index is 0.00376. The summed E-state index contributed by atoms with van der Waals surface area (Å²) in [4.78, 5) is 23.9. The highest BCUT2D eigenvalue weighted by atomic mass is 16.2. The second-order valence-electron chi connectivity index (χ2n) is 5.89. The van der Waals surface area contributed by atoms with Crippen LogP contribution in [0.1, 0.15) is 53.4 Å². The summed E-state index contributed by atoms with van der Waals surface area (Å²) in [5, 5.41) is 5.88. The van der Waals surface area contributed by atoms with E-state index >= 15 is 0 Å². The molecule has 1 aliphatic carbocycles. The fraction of sp³-hybridized carbons (Fsp3) is 0.857. The van der Waals surface area contributed by atoms with Gasteiger partial charge in [-0.1, -0.05) is 6.42 Å². The molecule has 0 aromatic heterocycles. The van der Waals surface area contributed by atoms with Gasteiger partial charge in [-0.2, -0.15) is 0 Å². The summed E-state index contributed by atoms with van der Waals surface area (Å²) in [7, 11) is 0. The van der Waals surface area contributed by atoms with Crippen LogP contribution < -0.4 is 10.6 Å². The smallest absolute Gasteiger partial charge is 0.223 e. The zero-order valence-corrected chi connectivity index (χ0v) is 12.0. The molecule has 1 saturated carbocycles. The van der Waals surface area contributed by atoms with E-state index < -0.39 is 0 Å². The maximum atomic E-state index is 12.0. The number of carbonyl (C=O) groups excluding carboxylic acids is 2. The molecule has 2 atom stereocenters. The minimum absolute atomic E-state index is 0.00376. The lowest BCUT2D eigenvalue weighted by Gasteiger charge is -2.28. The Balaban J connectivity index is 2.50. The molecule has 0 saturated heterocycles. The fourth-order valence-electron chi connectivity index (χ4n) is 2.47. The van der Waals surface area contributed by atoms with Crippen molar-refractivity contribution in [2.24, 2.45) is 11.8 Å². The largest absolute Gasteiger partial charge is 0.354 e. The first-order valence-electron chi connectivity index (χ1n) is 7.01. The van der Waals surface area contributed by atoms with Crippen molar-refractivity contribution in [2.75, 3.05) is 0 Å². The molecule has 1 rings (SSSR count). The van der Waals surface area contributed by atoms with E-state index in [1.165, 1.54) is 0 Å². The molecule has 1 aliphatic rings. The molecule has 0 aromatic rings. The van der Waals surface area contributed by atoms with Crippen LogP contribution in [0.25, 0.3) is 0 Å². The molecule has 2 amide bonds. The van der Waals surface area contributed by atoms with Gasteiger partial charge >= 0.3 is 0 Å². The van der Waals surface area contributed by atoms with Crippen LogP contribution in [-0.2, 0) is 9.59 Å². The lowest BCUT2D eigenvalue weighted by Crippen LogP contribution is -2.42. The van der Waals surface area contributed by atoms with Gasteiger partial charge in [-0.25, -0.2) is 0 Å². The number of amides is 2. The van der Waals surface area contributed by atoms with Crippen molar-refractivity contribution in [3.8, 4) is 0 Å². The summed E-state index contributed by atoms with van der Waals surface area (Å²) in [6.07, 6.45) is 3.47. The first-order chi connectivity index (χ1) is 8.40. The molecule has 2 N–H and O–H groups in total. The van der Waals surface area contributed by atoms with Gasteiger partial charge in [0.1, 0.15) is 0 Å². The van der Waals surface area contributed by atoms with Crippen LogP contribution >= 0.6 is 0 Å². The van der Waals surface area contributed by atoms with Gasteiger partial charge in [0.15, 0.2) is 0 Å². The molecule has 0 aromatic carbocycles. The van der Waals surface area contributed by atoms with Gasteiger partial charge in [0.2, 0.25) is 11.8 Å². The second kappa shape index (κ2) is 6.76. The molecule has 0 bridgehead atoms. The topological polar surface area (TPSA) is 58.2 Å². The van der Waals surface area contributed by atoms with Crippen molar-refractivity contribution in [2.45, 2.75) is 65.5 Å². The number of rotatable bonds is 4. The van der Waals surface area contributed by atoms with E-state index in [0.29, 0.717) is 6.42 Å². The van der Waals surface area contributed by atoms with E-state index in [1.807, 2.05) is 27.7 Å². The Bertz CT molecular complexity index is 272. The SMILES string of the molecule is CC(C)NC(=O)[C@@H]1CCC[C@H](C(=O)NC(C)C)C1. The molecule has 4 heteroatoms. The Hall–Kier alpha value is -1.06. The number of hydrogen-bond acceptors (Lipinski definition) is 2. The third kappa shape index (κ3) is 4.67. The number of hydrogen-bond donors (Lipinski definition) is 2. The maximum absolute atomic E-state index is 12.0.